The first-order valence-electron chi connectivity index (χ1n) is 11.1. The smallest absolute Gasteiger partial charge is 0.257 e. The molecule has 0 aliphatic carbocycles. The van der Waals surface area contributed by atoms with Gasteiger partial charge in [0.15, 0.2) is 5.82 Å². The van der Waals surface area contributed by atoms with Gasteiger partial charge in [0, 0.05) is 36.6 Å². The molecule has 2 aliphatic rings. The van der Waals surface area contributed by atoms with E-state index in [1.165, 1.54) is 11.8 Å². The van der Waals surface area contributed by atoms with Crippen molar-refractivity contribution in [1.82, 2.24) is 19.9 Å². The molecule has 0 atom stereocenters. The molecule has 9 heteroatoms. The summed E-state index contributed by atoms with van der Waals surface area (Å²) in [5, 5.41) is 4.12. The van der Waals surface area contributed by atoms with Crippen molar-refractivity contribution >= 4 is 29.3 Å². The first-order chi connectivity index (χ1) is 16.2. The van der Waals surface area contributed by atoms with Gasteiger partial charge in [0.25, 0.3) is 5.89 Å². The maximum atomic E-state index is 13.1. The van der Waals surface area contributed by atoms with Crippen LogP contribution in [0, 0.1) is 0 Å². The third-order valence-electron chi connectivity index (χ3n) is 5.90. The lowest BCUT2D eigenvalue weighted by Gasteiger charge is -2.30. The molecule has 1 saturated heterocycles. The number of nitrogens with zero attached hydrogens (tertiary/aromatic N) is 5. The number of amides is 2. The maximum Gasteiger partial charge on any atom is 0.257 e. The van der Waals surface area contributed by atoms with Gasteiger partial charge in [0.1, 0.15) is 6.54 Å². The molecule has 1 fully saturated rings. The van der Waals surface area contributed by atoms with Crippen molar-refractivity contribution in [2.45, 2.75) is 17.9 Å². The van der Waals surface area contributed by atoms with Crippen molar-refractivity contribution < 1.29 is 14.1 Å². The van der Waals surface area contributed by atoms with Crippen molar-refractivity contribution in [1.29, 1.82) is 0 Å². The Morgan fingerprint density at radius 2 is 1.82 bits per heavy atom. The second-order valence-electron chi connectivity index (χ2n) is 8.13. The van der Waals surface area contributed by atoms with E-state index in [4.69, 9.17) is 4.52 Å². The normalized spacial score (nSPS) is 17.0. The molecule has 170 valence electrons. The van der Waals surface area contributed by atoms with E-state index in [0.717, 1.165) is 35.7 Å². The number of aromatic nitrogens is 2. The van der Waals surface area contributed by atoms with Crippen LogP contribution < -0.4 is 4.90 Å². The van der Waals surface area contributed by atoms with Crippen molar-refractivity contribution in [3.63, 3.8) is 0 Å². The fourth-order valence-electron chi connectivity index (χ4n) is 4.16. The number of carbonyl (C=O) groups excluding carboxylic acids is 2. The number of hydrogen-bond donors (Lipinski definition) is 0. The Morgan fingerprint density at radius 1 is 1.00 bits per heavy atom. The Hall–Kier alpha value is -3.17. The number of thioether (sulfide) groups is 1. The van der Waals surface area contributed by atoms with Gasteiger partial charge in [0.05, 0.1) is 18.0 Å². The summed E-state index contributed by atoms with van der Waals surface area (Å²) < 4.78 is 5.41. The van der Waals surface area contributed by atoms with E-state index in [1.54, 1.807) is 4.90 Å². The lowest BCUT2D eigenvalue weighted by Crippen LogP contribution is -2.46. The highest BCUT2D eigenvalue weighted by Gasteiger charge is 2.29. The van der Waals surface area contributed by atoms with Crippen molar-refractivity contribution in [2.75, 3.05) is 43.4 Å². The van der Waals surface area contributed by atoms with Crippen LogP contribution in [-0.2, 0) is 16.1 Å². The van der Waals surface area contributed by atoms with Gasteiger partial charge >= 0.3 is 0 Å². The van der Waals surface area contributed by atoms with Gasteiger partial charge in [0.2, 0.25) is 11.8 Å². The van der Waals surface area contributed by atoms with Gasteiger partial charge < -0.3 is 14.3 Å². The summed E-state index contributed by atoms with van der Waals surface area (Å²) in [6, 6.07) is 17.5. The van der Waals surface area contributed by atoms with Gasteiger partial charge in [-0.15, -0.1) is 11.8 Å². The first-order valence-corrected chi connectivity index (χ1v) is 12.1. The average molecular weight is 464 g/mol. The molecule has 3 heterocycles. The summed E-state index contributed by atoms with van der Waals surface area (Å²) in [4.78, 5) is 36.9. The van der Waals surface area contributed by atoms with E-state index in [0.29, 0.717) is 37.1 Å². The molecule has 2 aliphatic heterocycles. The predicted octanol–water partition coefficient (Wildman–Crippen LogP) is 2.91. The SMILES string of the molecule is O=C(CN1C(=O)CSc2ccccc21)N1CCCN(Cc2noc(-c3ccccc3)n2)CC1. The summed E-state index contributed by atoms with van der Waals surface area (Å²) >= 11 is 1.53. The van der Waals surface area contributed by atoms with Crippen LogP contribution in [0.2, 0.25) is 0 Å². The fourth-order valence-corrected chi connectivity index (χ4v) is 5.09. The Morgan fingerprint density at radius 3 is 2.70 bits per heavy atom. The molecule has 2 aromatic carbocycles. The largest absolute Gasteiger partial charge is 0.340 e. The van der Waals surface area contributed by atoms with E-state index >= 15 is 0 Å². The van der Waals surface area contributed by atoms with Crippen molar-refractivity contribution in [3.05, 3.63) is 60.4 Å². The van der Waals surface area contributed by atoms with Crippen LogP contribution in [-0.4, -0.2) is 70.2 Å². The van der Waals surface area contributed by atoms with Crippen molar-refractivity contribution in [3.8, 4) is 11.5 Å². The molecule has 2 amide bonds. The highest BCUT2D eigenvalue weighted by atomic mass is 32.2. The third-order valence-corrected chi connectivity index (χ3v) is 6.94. The molecule has 8 nitrogen and oxygen atoms in total. The number of anilines is 1. The zero-order valence-electron chi connectivity index (χ0n) is 18.2. The Kier molecular flexibility index (Phi) is 6.41. The van der Waals surface area contributed by atoms with E-state index in [2.05, 4.69) is 15.0 Å². The molecular formula is C24H25N5O3S. The minimum atomic E-state index is -0.0187. The first kappa shape index (κ1) is 21.7. The van der Waals surface area contributed by atoms with Gasteiger partial charge in [-0.3, -0.25) is 14.5 Å². The molecule has 0 bridgehead atoms. The monoisotopic (exact) mass is 463 g/mol. The predicted molar refractivity (Wildman–Crippen MR) is 126 cm³/mol. The van der Waals surface area contributed by atoms with E-state index in [-0.39, 0.29) is 18.4 Å². The van der Waals surface area contributed by atoms with Crippen LogP contribution in [0.4, 0.5) is 5.69 Å². The molecule has 33 heavy (non-hydrogen) atoms. The molecule has 1 aromatic heterocycles. The standard InChI is InChI=1S/C24H25N5O3S/c30-22(16-29-19-9-4-5-10-20(19)33-17-23(29)31)28-12-6-11-27(13-14-28)15-21-25-24(32-26-21)18-7-2-1-3-8-18/h1-5,7-10H,6,11-17H2. The molecule has 0 spiro atoms. The Labute approximate surface area is 196 Å². The average Bonchev–Trinajstić information content (AvgIpc) is 3.19. The molecule has 5 rings (SSSR count). The minimum Gasteiger partial charge on any atom is -0.340 e. The zero-order valence-corrected chi connectivity index (χ0v) is 19.0. The third kappa shape index (κ3) is 4.94. The lowest BCUT2D eigenvalue weighted by atomic mass is 10.2. The Balaban J connectivity index is 1.18. The van der Waals surface area contributed by atoms with Gasteiger partial charge in [-0.05, 0) is 30.7 Å². The van der Waals surface area contributed by atoms with Crippen LogP contribution in [0.3, 0.4) is 0 Å². The number of para-hydroxylation sites is 1. The number of hydrogen-bond acceptors (Lipinski definition) is 7. The second kappa shape index (κ2) is 9.76. The van der Waals surface area contributed by atoms with E-state index in [1.807, 2.05) is 59.5 Å². The van der Waals surface area contributed by atoms with E-state index in [9.17, 15) is 9.59 Å². The van der Waals surface area contributed by atoms with Gasteiger partial charge in [-0.2, -0.15) is 4.98 Å². The number of carbonyl (C=O) groups is 2. The van der Waals surface area contributed by atoms with Gasteiger partial charge in [-0.1, -0.05) is 35.5 Å². The number of fused-ring (bicyclic) bond motifs is 1. The van der Waals surface area contributed by atoms with Crippen LogP contribution in [0.5, 0.6) is 0 Å². The molecule has 0 unspecified atom stereocenters. The summed E-state index contributed by atoms with van der Waals surface area (Å²) in [5.74, 6) is 1.49. The zero-order chi connectivity index (χ0) is 22.6. The van der Waals surface area contributed by atoms with Gasteiger partial charge in [-0.25, -0.2) is 0 Å². The van der Waals surface area contributed by atoms with Crippen LogP contribution in [0.15, 0.2) is 64.0 Å². The highest BCUT2D eigenvalue weighted by Crippen LogP contribution is 2.34. The van der Waals surface area contributed by atoms with Crippen molar-refractivity contribution in [2.24, 2.45) is 0 Å². The molecule has 0 N–H and O–H groups in total. The summed E-state index contributed by atoms with van der Waals surface area (Å²) in [7, 11) is 0. The van der Waals surface area contributed by atoms with Crippen LogP contribution in [0.1, 0.15) is 12.2 Å². The molecule has 0 saturated carbocycles. The topological polar surface area (TPSA) is 82.8 Å². The lowest BCUT2D eigenvalue weighted by molar-refractivity contribution is -0.131. The summed E-state index contributed by atoms with van der Waals surface area (Å²) in [6.07, 6.45) is 0.857. The molecule has 3 aromatic rings. The summed E-state index contributed by atoms with van der Waals surface area (Å²) in [6.45, 7) is 3.52. The summed E-state index contributed by atoms with van der Waals surface area (Å²) in [5.41, 5.74) is 1.73. The molecular weight excluding hydrogens is 438 g/mol. The molecule has 0 radical (unpaired) electrons. The Bertz CT molecular complexity index is 1140. The second-order valence-corrected chi connectivity index (χ2v) is 9.15. The number of rotatable bonds is 5. The quantitative estimate of drug-likeness (QED) is 0.575. The fraction of sp³-hybridized carbons (Fsp3) is 0.333. The maximum absolute atomic E-state index is 13.1. The van der Waals surface area contributed by atoms with Crippen LogP contribution in [0.25, 0.3) is 11.5 Å². The number of benzene rings is 2. The van der Waals surface area contributed by atoms with Crippen LogP contribution >= 0.6 is 11.8 Å². The van der Waals surface area contributed by atoms with E-state index < -0.39 is 0 Å². The highest BCUT2D eigenvalue weighted by molar-refractivity contribution is 8.00. The minimum absolute atomic E-state index is 0.0159.